The number of anilines is 1. The van der Waals surface area contributed by atoms with Gasteiger partial charge in [0.05, 0.1) is 18.4 Å². The number of hydrogen-bond donors (Lipinski definition) is 1. The smallest absolute Gasteiger partial charge is 0.276 e. The quantitative estimate of drug-likeness (QED) is 0.648. The number of amides is 1. The second-order valence-corrected chi connectivity index (χ2v) is 7.03. The molecule has 0 bridgehead atoms. The van der Waals surface area contributed by atoms with Crippen LogP contribution in [0.5, 0.6) is 5.75 Å². The van der Waals surface area contributed by atoms with Crippen molar-refractivity contribution in [1.82, 2.24) is 24.5 Å². The number of aromatic nitrogens is 4. The molecule has 0 atom stereocenters. The lowest BCUT2D eigenvalue weighted by atomic mass is 10.1. The number of aryl methyl sites for hydroxylation is 2. The molecule has 8 nitrogen and oxygen atoms in total. The molecule has 0 saturated carbocycles. The van der Waals surface area contributed by atoms with E-state index >= 15 is 0 Å². The highest BCUT2D eigenvalue weighted by Crippen LogP contribution is 2.19. The first-order valence-corrected chi connectivity index (χ1v) is 9.13. The van der Waals surface area contributed by atoms with Gasteiger partial charge in [-0.3, -0.25) is 9.48 Å². The summed E-state index contributed by atoms with van der Waals surface area (Å²) in [7, 11) is 4.01. The Morgan fingerprint density at radius 1 is 1.21 bits per heavy atom. The Kier molecular flexibility index (Phi) is 6.10. The van der Waals surface area contributed by atoms with Crippen LogP contribution in [0.1, 0.15) is 21.6 Å². The van der Waals surface area contributed by atoms with Crippen LogP contribution in [-0.2, 0) is 13.3 Å². The molecule has 0 aliphatic rings. The molecule has 0 fully saturated rings. The van der Waals surface area contributed by atoms with E-state index in [0.717, 1.165) is 30.0 Å². The molecule has 148 valence electrons. The number of hydrogen-bond acceptors (Lipinski definition) is 5. The number of carbonyl (C=O) groups excluding carboxylic acids is 1. The Bertz CT molecular complexity index is 944. The first-order valence-electron chi connectivity index (χ1n) is 9.13. The number of benzene rings is 1. The minimum absolute atomic E-state index is 0.236. The lowest BCUT2D eigenvalue weighted by molar-refractivity contribution is 0.102. The van der Waals surface area contributed by atoms with Gasteiger partial charge < -0.3 is 15.0 Å². The van der Waals surface area contributed by atoms with Crippen LogP contribution in [0.3, 0.4) is 0 Å². The summed E-state index contributed by atoms with van der Waals surface area (Å²) in [6, 6.07) is 7.71. The second-order valence-electron chi connectivity index (χ2n) is 7.03. The number of likely N-dealkylation sites (N-methyl/N-ethyl adjacent to an activating group) is 1. The van der Waals surface area contributed by atoms with Crippen LogP contribution in [0.4, 0.5) is 5.69 Å². The average Bonchev–Trinajstić information content (AvgIpc) is 3.30. The maximum Gasteiger partial charge on any atom is 0.276 e. The van der Waals surface area contributed by atoms with E-state index in [1.807, 2.05) is 52.3 Å². The predicted molar refractivity (Wildman–Crippen MR) is 108 cm³/mol. The Morgan fingerprint density at radius 2 is 2.04 bits per heavy atom. The maximum absolute atomic E-state index is 12.4. The lowest BCUT2D eigenvalue weighted by Crippen LogP contribution is -2.18. The summed E-state index contributed by atoms with van der Waals surface area (Å²) in [5.41, 5.74) is 3.16. The van der Waals surface area contributed by atoms with Crippen molar-refractivity contribution in [2.45, 2.75) is 27.1 Å². The Labute approximate surface area is 164 Å². The molecule has 2 heterocycles. The molecule has 0 saturated heterocycles. The molecular weight excluding hydrogens is 356 g/mol. The zero-order chi connectivity index (χ0) is 20.1. The van der Waals surface area contributed by atoms with Gasteiger partial charge in [0, 0.05) is 18.9 Å². The molecule has 0 aliphatic heterocycles. The first kappa shape index (κ1) is 19.6. The Balaban J connectivity index is 1.56. The highest BCUT2D eigenvalue weighted by Gasteiger charge is 2.11. The van der Waals surface area contributed by atoms with Gasteiger partial charge in [0.25, 0.3) is 5.91 Å². The van der Waals surface area contributed by atoms with E-state index in [2.05, 4.69) is 20.4 Å². The average molecular weight is 382 g/mol. The predicted octanol–water partition coefficient (Wildman–Crippen LogP) is 2.55. The van der Waals surface area contributed by atoms with Gasteiger partial charge >= 0.3 is 0 Å². The topological polar surface area (TPSA) is 77.2 Å². The second kappa shape index (κ2) is 8.71. The van der Waals surface area contributed by atoms with Crippen LogP contribution >= 0.6 is 0 Å². The van der Waals surface area contributed by atoms with E-state index in [1.54, 1.807) is 27.8 Å². The van der Waals surface area contributed by atoms with Crippen molar-refractivity contribution in [3.63, 3.8) is 0 Å². The summed E-state index contributed by atoms with van der Waals surface area (Å²) in [5.74, 6) is 0.532. The van der Waals surface area contributed by atoms with Crippen molar-refractivity contribution in [2.75, 3.05) is 26.0 Å². The zero-order valence-corrected chi connectivity index (χ0v) is 16.7. The van der Waals surface area contributed by atoms with Crippen molar-refractivity contribution in [1.29, 1.82) is 0 Å². The molecule has 2 aromatic heterocycles. The van der Waals surface area contributed by atoms with Crippen LogP contribution < -0.4 is 10.1 Å². The van der Waals surface area contributed by atoms with Gasteiger partial charge in [-0.25, -0.2) is 4.68 Å². The molecule has 0 spiro atoms. The summed E-state index contributed by atoms with van der Waals surface area (Å²) in [6.07, 6.45) is 5.16. The van der Waals surface area contributed by atoms with Crippen LogP contribution in [0.15, 0.2) is 42.9 Å². The van der Waals surface area contributed by atoms with E-state index in [1.165, 1.54) is 0 Å². The highest BCUT2D eigenvalue weighted by atomic mass is 16.5. The number of rotatable bonds is 8. The molecule has 8 heteroatoms. The third-order valence-corrected chi connectivity index (χ3v) is 4.24. The highest BCUT2D eigenvalue weighted by molar-refractivity contribution is 6.02. The van der Waals surface area contributed by atoms with Crippen LogP contribution in [0.25, 0.3) is 0 Å². The molecule has 1 amide bonds. The van der Waals surface area contributed by atoms with Gasteiger partial charge in [-0.15, -0.1) is 0 Å². The minimum atomic E-state index is -0.280. The monoisotopic (exact) mass is 382 g/mol. The molecule has 1 aromatic carbocycles. The summed E-state index contributed by atoms with van der Waals surface area (Å²) in [6.45, 7) is 5.88. The summed E-state index contributed by atoms with van der Waals surface area (Å²) in [5, 5.41) is 11.4. The zero-order valence-electron chi connectivity index (χ0n) is 16.7. The van der Waals surface area contributed by atoms with Gasteiger partial charge in [0.1, 0.15) is 5.75 Å². The lowest BCUT2D eigenvalue weighted by Gasteiger charge is -2.09. The first-order chi connectivity index (χ1) is 13.4. The van der Waals surface area contributed by atoms with E-state index in [0.29, 0.717) is 11.4 Å². The van der Waals surface area contributed by atoms with Crippen molar-refractivity contribution >= 4 is 11.6 Å². The minimum Gasteiger partial charge on any atom is -0.471 e. The van der Waals surface area contributed by atoms with Gasteiger partial charge in [0.2, 0.25) is 0 Å². The van der Waals surface area contributed by atoms with Crippen LogP contribution in [-0.4, -0.2) is 51.0 Å². The Morgan fingerprint density at radius 3 is 2.82 bits per heavy atom. The third kappa shape index (κ3) is 5.20. The fourth-order valence-corrected chi connectivity index (χ4v) is 2.60. The van der Waals surface area contributed by atoms with Crippen LogP contribution in [0, 0.1) is 13.8 Å². The summed E-state index contributed by atoms with van der Waals surface area (Å²) >= 11 is 0. The van der Waals surface area contributed by atoms with Gasteiger partial charge in [-0.1, -0.05) is 12.1 Å². The molecule has 28 heavy (non-hydrogen) atoms. The largest absolute Gasteiger partial charge is 0.471 e. The molecule has 0 unspecified atom stereocenters. The van der Waals surface area contributed by atoms with E-state index in [4.69, 9.17) is 4.74 Å². The van der Waals surface area contributed by atoms with Crippen molar-refractivity contribution < 1.29 is 9.53 Å². The van der Waals surface area contributed by atoms with Crippen LogP contribution in [0.2, 0.25) is 0 Å². The summed E-state index contributed by atoms with van der Waals surface area (Å²) < 4.78 is 9.21. The van der Waals surface area contributed by atoms with Gasteiger partial charge in [-0.05, 0) is 51.2 Å². The van der Waals surface area contributed by atoms with Crippen molar-refractivity contribution in [2.24, 2.45) is 0 Å². The number of nitrogens with one attached hydrogen (secondary N) is 1. The maximum atomic E-state index is 12.4. The molecule has 1 N–H and O–H groups in total. The van der Waals surface area contributed by atoms with Gasteiger partial charge in [-0.2, -0.15) is 10.2 Å². The van der Waals surface area contributed by atoms with E-state index in [-0.39, 0.29) is 12.6 Å². The fourth-order valence-electron chi connectivity index (χ4n) is 2.60. The standard InChI is InChI=1S/C20H26N6O2/c1-15-5-6-16(2)19(11-15)28-14-26-8-7-18(23-26)20(27)22-17-12-21-25(13-17)10-9-24(3)4/h5-8,11-13H,9-10,14H2,1-4H3,(H,22,27). The van der Waals surface area contributed by atoms with Crippen molar-refractivity contribution in [3.05, 3.63) is 59.7 Å². The molecule has 0 radical (unpaired) electrons. The molecule has 3 rings (SSSR count). The SMILES string of the molecule is Cc1ccc(C)c(OCn2ccc(C(=O)Nc3cnn(CCN(C)C)c3)n2)c1. The summed E-state index contributed by atoms with van der Waals surface area (Å²) in [4.78, 5) is 14.5. The number of nitrogens with zero attached hydrogens (tertiary/aromatic N) is 5. The molecule has 0 aliphatic carbocycles. The van der Waals surface area contributed by atoms with E-state index < -0.39 is 0 Å². The number of ether oxygens (including phenoxy) is 1. The Hall–Kier alpha value is -3.13. The number of carbonyl (C=O) groups is 1. The third-order valence-electron chi connectivity index (χ3n) is 4.24. The fraction of sp³-hybridized carbons (Fsp3) is 0.350. The van der Waals surface area contributed by atoms with Gasteiger partial charge in [0.15, 0.2) is 12.4 Å². The molecular formula is C20H26N6O2. The molecule has 3 aromatic rings. The normalized spacial score (nSPS) is 11.0. The van der Waals surface area contributed by atoms with E-state index in [9.17, 15) is 4.79 Å². The van der Waals surface area contributed by atoms with Crippen molar-refractivity contribution in [3.8, 4) is 5.75 Å².